The summed E-state index contributed by atoms with van der Waals surface area (Å²) in [6.07, 6.45) is 4.20. The van der Waals surface area contributed by atoms with Crippen LogP contribution in [0.15, 0.2) is 23.4 Å². The number of hydrogen-bond acceptors (Lipinski definition) is 8. The second-order valence-electron chi connectivity index (χ2n) is 8.56. The number of benzene rings is 1. The van der Waals surface area contributed by atoms with Crippen molar-refractivity contribution in [2.45, 2.75) is 57.2 Å². The summed E-state index contributed by atoms with van der Waals surface area (Å²) in [6.45, 7) is 3.69. The average Bonchev–Trinajstić information content (AvgIpc) is 3.30. The number of aryl methyl sites for hydroxylation is 1. The van der Waals surface area contributed by atoms with Crippen molar-refractivity contribution in [3.05, 3.63) is 51.7 Å². The van der Waals surface area contributed by atoms with Crippen LogP contribution in [0, 0.1) is 11.6 Å². The van der Waals surface area contributed by atoms with Crippen LogP contribution in [0.5, 0.6) is 5.75 Å². The van der Waals surface area contributed by atoms with E-state index in [1.165, 1.54) is 29.2 Å². The number of rotatable bonds is 9. The van der Waals surface area contributed by atoms with Crippen molar-refractivity contribution in [1.82, 2.24) is 14.8 Å². The molecule has 2 aromatic heterocycles. The van der Waals surface area contributed by atoms with Crippen LogP contribution in [0.2, 0.25) is 0 Å². The van der Waals surface area contributed by atoms with E-state index in [9.17, 15) is 18.4 Å². The predicted molar refractivity (Wildman–Crippen MR) is 137 cm³/mol. The number of carbonyl (C=O) groups is 2. The largest absolute Gasteiger partial charge is 0.480 e. The number of carbonyl (C=O) groups excluding carboxylic acids is 2. The summed E-state index contributed by atoms with van der Waals surface area (Å²) in [5, 5.41) is 12.1. The van der Waals surface area contributed by atoms with Gasteiger partial charge in [-0.05, 0) is 57.2 Å². The topological polar surface area (TPSA) is 95.3 Å². The van der Waals surface area contributed by atoms with E-state index in [0.717, 1.165) is 54.7 Å². The molecule has 1 atom stereocenters. The maximum absolute atomic E-state index is 14.0. The number of nitrogens with one attached hydrogen (secondary N) is 1. The van der Waals surface area contributed by atoms with Gasteiger partial charge >= 0.3 is 5.97 Å². The van der Waals surface area contributed by atoms with Crippen molar-refractivity contribution in [1.29, 1.82) is 0 Å². The van der Waals surface area contributed by atoms with Crippen LogP contribution in [-0.4, -0.2) is 39.0 Å². The van der Waals surface area contributed by atoms with Gasteiger partial charge in [-0.2, -0.15) is 0 Å². The normalized spacial score (nSPS) is 14.0. The van der Waals surface area contributed by atoms with Gasteiger partial charge in [0.05, 0.1) is 17.9 Å². The van der Waals surface area contributed by atoms with E-state index in [1.807, 2.05) is 0 Å². The molecule has 1 N–H and O–H groups in total. The van der Waals surface area contributed by atoms with Gasteiger partial charge in [0.1, 0.15) is 10.8 Å². The van der Waals surface area contributed by atoms with Gasteiger partial charge in [0.2, 0.25) is 5.91 Å². The monoisotopic (exact) mass is 550 g/mol. The molecule has 8 nitrogen and oxygen atoms in total. The molecule has 0 saturated carbocycles. The molecule has 3 aromatic rings. The molecule has 1 aliphatic carbocycles. The molecule has 1 aromatic carbocycles. The van der Waals surface area contributed by atoms with Crippen molar-refractivity contribution in [3.63, 3.8) is 0 Å². The fourth-order valence-electron chi connectivity index (χ4n) is 4.16. The van der Waals surface area contributed by atoms with E-state index in [4.69, 9.17) is 9.47 Å². The molecular formula is C25H28F2N4O4S2. The van der Waals surface area contributed by atoms with Crippen molar-refractivity contribution >= 4 is 40.0 Å². The minimum Gasteiger partial charge on any atom is -0.480 e. The number of hydrogen-bond donors (Lipinski definition) is 1. The van der Waals surface area contributed by atoms with Crippen molar-refractivity contribution in [2.75, 3.05) is 17.7 Å². The fraction of sp³-hybridized carbons (Fsp3) is 0.440. The molecule has 4 rings (SSSR count). The number of halogens is 2. The zero-order valence-corrected chi connectivity index (χ0v) is 22.4. The first-order valence-electron chi connectivity index (χ1n) is 12.0. The number of thiophene rings is 1. The Labute approximate surface area is 221 Å². The van der Waals surface area contributed by atoms with Crippen molar-refractivity contribution < 1.29 is 27.8 Å². The number of nitrogens with zero attached hydrogens (tertiary/aromatic N) is 3. The number of amides is 1. The summed E-state index contributed by atoms with van der Waals surface area (Å²) in [7, 11) is 1.71. The first-order valence-corrected chi connectivity index (χ1v) is 13.8. The van der Waals surface area contributed by atoms with E-state index in [2.05, 4.69) is 15.5 Å². The third kappa shape index (κ3) is 6.30. The maximum atomic E-state index is 14.0. The highest BCUT2D eigenvalue weighted by molar-refractivity contribution is 7.99. The Morgan fingerprint density at radius 1 is 1.22 bits per heavy atom. The van der Waals surface area contributed by atoms with Crippen LogP contribution < -0.4 is 10.1 Å². The van der Waals surface area contributed by atoms with Gasteiger partial charge in [0.25, 0.3) is 0 Å². The van der Waals surface area contributed by atoms with Crippen molar-refractivity contribution in [2.24, 2.45) is 7.05 Å². The first kappa shape index (κ1) is 27.1. The Bertz CT molecular complexity index is 1290. The Morgan fingerprint density at radius 2 is 2.00 bits per heavy atom. The molecule has 0 radical (unpaired) electrons. The lowest BCUT2D eigenvalue weighted by Crippen LogP contribution is -2.17. The zero-order valence-electron chi connectivity index (χ0n) is 20.8. The zero-order chi connectivity index (χ0) is 26.5. The minimum absolute atomic E-state index is 0.0403. The van der Waals surface area contributed by atoms with Crippen LogP contribution in [0.25, 0.3) is 0 Å². The lowest BCUT2D eigenvalue weighted by atomic mass is 10.1. The van der Waals surface area contributed by atoms with E-state index >= 15 is 0 Å². The molecule has 1 aliphatic rings. The third-order valence-corrected chi connectivity index (χ3v) is 8.14. The highest BCUT2D eigenvalue weighted by atomic mass is 32.2. The highest BCUT2D eigenvalue weighted by Crippen LogP contribution is 2.38. The van der Waals surface area contributed by atoms with Crippen LogP contribution in [0.4, 0.5) is 13.8 Å². The minimum atomic E-state index is -0.812. The molecule has 12 heteroatoms. The molecule has 37 heavy (non-hydrogen) atoms. The standard InChI is InChI=1S/C25H28F2N4O4S2/c1-4-34-24(33)21-16-8-6-5-7-9-19(16)37-23(21)28-20(32)13-36-25-30-29-22(31(25)3)14(2)35-18-11-10-15(26)12-17(18)27/h10-12,14H,4-9,13H2,1-3H3,(H,28,32). The molecule has 1 unspecified atom stereocenters. The quantitative estimate of drug-likeness (QED) is 0.214. The highest BCUT2D eigenvalue weighted by Gasteiger charge is 2.27. The predicted octanol–water partition coefficient (Wildman–Crippen LogP) is 5.47. The van der Waals surface area contributed by atoms with Gasteiger partial charge in [-0.3, -0.25) is 4.79 Å². The van der Waals surface area contributed by atoms with Crippen LogP contribution in [0.3, 0.4) is 0 Å². The Balaban J connectivity index is 1.42. The second-order valence-corrected chi connectivity index (χ2v) is 10.6. The molecule has 0 aliphatic heterocycles. The van der Waals surface area contributed by atoms with Crippen LogP contribution in [-0.2, 0) is 29.4 Å². The number of ether oxygens (including phenoxy) is 2. The summed E-state index contributed by atoms with van der Waals surface area (Å²) in [4.78, 5) is 26.7. The Hall–Kier alpha value is -2.99. The number of anilines is 1. The number of fused-ring (bicyclic) bond motifs is 1. The van der Waals surface area contributed by atoms with Gasteiger partial charge in [-0.25, -0.2) is 13.6 Å². The van der Waals surface area contributed by atoms with Gasteiger partial charge in [-0.15, -0.1) is 21.5 Å². The summed E-state index contributed by atoms with van der Waals surface area (Å²) in [5.41, 5.74) is 1.47. The van der Waals surface area contributed by atoms with Gasteiger partial charge in [0, 0.05) is 18.0 Å². The summed E-state index contributed by atoms with van der Waals surface area (Å²) >= 11 is 2.62. The lowest BCUT2D eigenvalue weighted by molar-refractivity contribution is -0.113. The molecule has 1 amide bonds. The summed E-state index contributed by atoms with van der Waals surface area (Å²) in [6, 6.07) is 3.07. The average molecular weight is 551 g/mol. The summed E-state index contributed by atoms with van der Waals surface area (Å²) < 4.78 is 39.6. The third-order valence-electron chi connectivity index (χ3n) is 5.92. The summed E-state index contributed by atoms with van der Waals surface area (Å²) in [5.74, 6) is -1.84. The Morgan fingerprint density at radius 3 is 2.76 bits per heavy atom. The van der Waals surface area contributed by atoms with E-state index in [0.29, 0.717) is 21.5 Å². The molecule has 2 heterocycles. The van der Waals surface area contributed by atoms with Gasteiger partial charge in [0.15, 0.2) is 28.7 Å². The van der Waals surface area contributed by atoms with Gasteiger partial charge < -0.3 is 19.4 Å². The molecule has 0 saturated heterocycles. The SMILES string of the molecule is CCOC(=O)c1c(NC(=O)CSc2nnc(C(C)Oc3ccc(F)cc3F)n2C)sc2c1CCCCC2. The number of aromatic nitrogens is 3. The second kappa shape index (κ2) is 12.0. The fourth-order valence-corrected chi connectivity index (χ4v) is 6.17. The maximum Gasteiger partial charge on any atom is 0.341 e. The molecule has 198 valence electrons. The number of thioether (sulfide) groups is 1. The van der Waals surface area contributed by atoms with Crippen LogP contribution in [0.1, 0.15) is 65.8 Å². The molecular weight excluding hydrogens is 522 g/mol. The first-order chi connectivity index (χ1) is 17.8. The molecule has 0 fully saturated rings. The smallest absolute Gasteiger partial charge is 0.341 e. The van der Waals surface area contributed by atoms with Crippen LogP contribution >= 0.6 is 23.1 Å². The van der Waals surface area contributed by atoms with E-state index in [1.54, 1.807) is 25.5 Å². The lowest BCUT2D eigenvalue weighted by Gasteiger charge is -2.14. The van der Waals surface area contributed by atoms with E-state index < -0.39 is 23.7 Å². The number of esters is 1. The molecule has 0 spiro atoms. The Kier molecular flexibility index (Phi) is 8.80. The van der Waals surface area contributed by atoms with Gasteiger partial charge in [-0.1, -0.05) is 18.2 Å². The van der Waals surface area contributed by atoms with E-state index in [-0.39, 0.29) is 24.0 Å². The molecule has 0 bridgehead atoms. The van der Waals surface area contributed by atoms with Crippen molar-refractivity contribution in [3.8, 4) is 5.75 Å².